The molecule has 9 heteroatoms. The van der Waals surface area contributed by atoms with E-state index >= 15 is 0 Å². The van der Waals surface area contributed by atoms with E-state index < -0.39 is 17.9 Å². The Balaban J connectivity index is 1.46. The number of carbonyl (C=O) groups is 3. The van der Waals surface area contributed by atoms with Gasteiger partial charge in [-0.05, 0) is 61.9 Å². The van der Waals surface area contributed by atoms with Crippen molar-refractivity contribution in [2.75, 3.05) is 13.1 Å². The molecule has 178 valence electrons. The maximum atomic E-state index is 12.4. The highest BCUT2D eigenvalue weighted by Gasteiger charge is 2.24. The lowest BCUT2D eigenvalue weighted by molar-refractivity contribution is -0.140. The number of carbonyl (C=O) groups excluding carboxylic acids is 2. The van der Waals surface area contributed by atoms with Crippen LogP contribution in [0.4, 0.5) is 0 Å². The van der Waals surface area contributed by atoms with Crippen molar-refractivity contribution in [3.05, 3.63) is 34.8 Å². The molecule has 8 nitrogen and oxygen atoms in total. The summed E-state index contributed by atoms with van der Waals surface area (Å²) in [5.74, 6) is -1.30. The Morgan fingerprint density at radius 2 is 2.06 bits per heavy atom. The Kier molecular flexibility index (Phi) is 9.11. The third-order valence-corrected chi connectivity index (χ3v) is 6.90. The summed E-state index contributed by atoms with van der Waals surface area (Å²) < 4.78 is 0.992. The smallest absolute Gasteiger partial charge is 0.310 e. The van der Waals surface area contributed by atoms with Crippen molar-refractivity contribution in [2.45, 2.75) is 57.4 Å². The number of allylic oxidation sites excluding steroid dienone is 1. The zero-order valence-corrected chi connectivity index (χ0v) is 19.5. The quantitative estimate of drug-likeness (QED) is 0.327. The zero-order chi connectivity index (χ0) is 23.8. The average Bonchev–Trinajstić information content (AvgIpc) is 3.43. The maximum absolute atomic E-state index is 12.4. The number of carboxylic acids is 1. The molecule has 1 aliphatic rings. The van der Waals surface area contributed by atoms with Crippen LogP contribution in [0.3, 0.4) is 0 Å². The number of aliphatic carboxylic acids is 1. The minimum atomic E-state index is -0.795. The number of fused-ring (bicyclic) bond motifs is 1. The fourth-order valence-corrected chi connectivity index (χ4v) is 4.98. The molecule has 0 saturated heterocycles. The number of thiazole rings is 1. The summed E-state index contributed by atoms with van der Waals surface area (Å²) in [4.78, 5) is 40.2. The molecule has 2 atom stereocenters. The average molecular weight is 473 g/mol. The number of carboxylic acid groups (broad SMARTS) is 1. The predicted molar refractivity (Wildman–Crippen MR) is 130 cm³/mol. The molecule has 0 fully saturated rings. The monoisotopic (exact) mass is 472 g/mol. The number of benzene rings is 1. The Hall–Kier alpha value is -2.62. The Bertz CT molecular complexity index is 1030. The van der Waals surface area contributed by atoms with Gasteiger partial charge in [0.05, 0.1) is 22.2 Å². The Labute approximate surface area is 197 Å². The van der Waals surface area contributed by atoms with E-state index in [1.807, 2.05) is 18.2 Å². The van der Waals surface area contributed by atoms with Crippen LogP contribution >= 0.6 is 11.3 Å². The van der Waals surface area contributed by atoms with E-state index in [0.717, 1.165) is 45.6 Å². The van der Waals surface area contributed by atoms with E-state index in [2.05, 4.69) is 10.3 Å². The Morgan fingerprint density at radius 3 is 2.79 bits per heavy atom. The fraction of sp³-hybridized carbons (Fsp3) is 0.500. The summed E-state index contributed by atoms with van der Waals surface area (Å²) in [6.07, 6.45) is 6.72. The number of unbranched alkanes of at least 4 members (excludes halogenated alkanes) is 1. The summed E-state index contributed by atoms with van der Waals surface area (Å²) >= 11 is 1.53. The number of Topliss-reactive ketones (excluding diaryl/α,β-unsaturated/α-hetero) is 1. The molecule has 6 N–H and O–H groups in total. The second kappa shape index (κ2) is 12.0. The summed E-state index contributed by atoms with van der Waals surface area (Å²) in [5, 5.41) is 12.8. The third-order valence-electron chi connectivity index (χ3n) is 5.81. The van der Waals surface area contributed by atoms with Crippen LogP contribution in [0, 0.1) is 5.92 Å². The molecule has 1 amide bonds. The summed E-state index contributed by atoms with van der Waals surface area (Å²) in [6, 6.07) is 5.28. The van der Waals surface area contributed by atoms with Gasteiger partial charge in [-0.15, -0.1) is 11.3 Å². The lowest BCUT2D eigenvalue weighted by Gasteiger charge is -2.11. The van der Waals surface area contributed by atoms with Gasteiger partial charge in [-0.2, -0.15) is 0 Å². The number of ketones is 1. The number of amides is 1. The van der Waals surface area contributed by atoms with Crippen LogP contribution in [0.15, 0.2) is 24.3 Å². The zero-order valence-electron chi connectivity index (χ0n) is 18.7. The minimum absolute atomic E-state index is 0.114. The van der Waals surface area contributed by atoms with Gasteiger partial charge in [-0.1, -0.05) is 18.6 Å². The molecule has 2 aromatic rings. The van der Waals surface area contributed by atoms with Crippen LogP contribution in [0.1, 0.15) is 55.5 Å². The van der Waals surface area contributed by atoms with E-state index in [-0.39, 0.29) is 11.7 Å². The van der Waals surface area contributed by atoms with Crippen LogP contribution in [0.25, 0.3) is 15.8 Å². The van der Waals surface area contributed by atoms with Gasteiger partial charge < -0.3 is 21.9 Å². The summed E-state index contributed by atoms with van der Waals surface area (Å²) in [6.45, 7) is 1.03. The summed E-state index contributed by atoms with van der Waals surface area (Å²) in [5.41, 5.74) is 14.1. The van der Waals surface area contributed by atoms with Crippen molar-refractivity contribution >= 4 is 44.8 Å². The molecule has 0 bridgehead atoms. The number of nitrogens with two attached hydrogens (primary N) is 2. The highest BCUT2D eigenvalue weighted by atomic mass is 32.1. The van der Waals surface area contributed by atoms with Crippen LogP contribution in [-0.4, -0.2) is 46.9 Å². The number of hydrogen-bond donors (Lipinski definition) is 4. The molecular formula is C24H32N4O4S. The van der Waals surface area contributed by atoms with E-state index in [1.54, 1.807) is 6.08 Å². The molecule has 0 spiro atoms. The number of rotatable bonds is 13. The fourth-order valence-electron chi connectivity index (χ4n) is 3.89. The molecular weight excluding hydrogens is 440 g/mol. The summed E-state index contributed by atoms with van der Waals surface area (Å²) in [7, 11) is 0. The van der Waals surface area contributed by atoms with Crippen LogP contribution in [0.2, 0.25) is 0 Å². The van der Waals surface area contributed by atoms with E-state index in [4.69, 9.17) is 11.5 Å². The Morgan fingerprint density at radius 1 is 1.24 bits per heavy atom. The lowest BCUT2D eigenvalue weighted by Crippen LogP contribution is -2.41. The van der Waals surface area contributed by atoms with Gasteiger partial charge in [-0.25, -0.2) is 4.98 Å². The molecule has 0 saturated carbocycles. The van der Waals surface area contributed by atoms with Crippen LogP contribution in [-0.2, 0) is 20.8 Å². The minimum Gasteiger partial charge on any atom is -0.481 e. The SMILES string of the molecule is NCCCCC(N)C(=O)NCCCC(=O)Cc1ccc2nc(C3=C[C@@H](C(=O)O)CC3)sc2c1. The molecule has 0 aliphatic heterocycles. The number of nitrogens with zero attached hydrogens (tertiary/aromatic N) is 1. The van der Waals surface area contributed by atoms with Gasteiger partial charge in [0, 0.05) is 19.4 Å². The molecule has 3 rings (SSSR count). The van der Waals surface area contributed by atoms with E-state index in [9.17, 15) is 19.5 Å². The van der Waals surface area contributed by atoms with Gasteiger partial charge in [0.15, 0.2) is 0 Å². The van der Waals surface area contributed by atoms with Crippen molar-refractivity contribution < 1.29 is 19.5 Å². The van der Waals surface area contributed by atoms with E-state index in [0.29, 0.717) is 45.2 Å². The molecule has 1 aromatic heterocycles. The molecule has 33 heavy (non-hydrogen) atoms. The van der Waals surface area contributed by atoms with Crippen molar-refractivity contribution in [2.24, 2.45) is 17.4 Å². The van der Waals surface area contributed by atoms with Crippen LogP contribution < -0.4 is 16.8 Å². The van der Waals surface area contributed by atoms with E-state index in [1.165, 1.54) is 11.3 Å². The first-order valence-electron chi connectivity index (χ1n) is 11.5. The maximum Gasteiger partial charge on any atom is 0.310 e. The highest BCUT2D eigenvalue weighted by Crippen LogP contribution is 2.36. The van der Waals surface area contributed by atoms with Gasteiger partial charge in [0.1, 0.15) is 10.8 Å². The highest BCUT2D eigenvalue weighted by molar-refractivity contribution is 7.19. The van der Waals surface area contributed by atoms with Gasteiger partial charge in [-0.3, -0.25) is 14.4 Å². The van der Waals surface area contributed by atoms with Crippen molar-refractivity contribution in [3.63, 3.8) is 0 Å². The van der Waals surface area contributed by atoms with Gasteiger partial charge in [0.2, 0.25) is 5.91 Å². The molecule has 1 heterocycles. The predicted octanol–water partition coefficient (Wildman–Crippen LogP) is 2.64. The third kappa shape index (κ3) is 7.18. The standard InChI is InChI=1S/C24H32N4O4S/c25-10-2-1-5-19(26)22(30)27-11-3-4-18(29)12-15-6-9-20-21(13-15)33-23(28-20)16-7-8-17(14-16)24(31)32/h6,9,13-14,17,19H,1-5,7-8,10-12,25-26H2,(H,27,30)(H,31,32)/t17-,19?/m0/s1. The topological polar surface area (TPSA) is 148 Å². The normalized spacial score (nSPS) is 16.5. The lowest BCUT2D eigenvalue weighted by atomic mass is 10.1. The number of nitrogens with one attached hydrogen (secondary N) is 1. The van der Waals surface area contributed by atoms with Crippen molar-refractivity contribution in [1.82, 2.24) is 10.3 Å². The first kappa shape index (κ1) is 25.0. The van der Waals surface area contributed by atoms with Gasteiger partial charge in [0.25, 0.3) is 0 Å². The van der Waals surface area contributed by atoms with Crippen LogP contribution in [0.5, 0.6) is 0 Å². The molecule has 0 radical (unpaired) electrons. The van der Waals surface area contributed by atoms with Crippen molar-refractivity contribution in [1.29, 1.82) is 0 Å². The number of hydrogen-bond acceptors (Lipinski definition) is 7. The second-order valence-electron chi connectivity index (χ2n) is 8.50. The first-order chi connectivity index (χ1) is 15.9. The second-order valence-corrected chi connectivity index (χ2v) is 9.53. The van der Waals surface area contributed by atoms with Gasteiger partial charge >= 0.3 is 5.97 Å². The first-order valence-corrected chi connectivity index (χ1v) is 12.3. The molecule has 1 aliphatic carbocycles. The number of aromatic nitrogens is 1. The molecule has 1 aromatic carbocycles. The molecule has 1 unspecified atom stereocenters. The largest absolute Gasteiger partial charge is 0.481 e. The van der Waals surface area contributed by atoms with Crippen molar-refractivity contribution in [3.8, 4) is 0 Å².